The maximum atomic E-state index is 9.63. The smallest absolute Gasteiger partial charge is 0.0613 e. The van der Waals surface area contributed by atoms with Gasteiger partial charge >= 0.3 is 0 Å². The second-order valence-corrected chi connectivity index (χ2v) is 5.33. The van der Waals surface area contributed by atoms with E-state index < -0.39 is 0 Å². The van der Waals surface area contributed by atoms with Gasteiger partial charge in [-0.15, -0.1) is 0 Å². The molecule has 3 nitrogen and oxygen atoms in total. The van der Waals surface area contributed by atoms with Gasteiger partial charge in [-0.3, -0.25) is 4.98 Å². The van der Waals surface area contributed by atoms with Crippen LogP contribution in [0.3, 0.4) is 0 Å². The van der Waals surface area contributed by atoms with Crippen molar-refractivity contribution < 1.29 is 5.11 Å². The highest BCUT2D eigenvalue weighted by Gasteiger charge is 2.32. The van der Waals surface area contributed by atoms with E-state index in [1.54, 1.807) is 0 Å². The van der Waals surface area contributed by atoms with Crippen molar-refractivity contribution in [2.75, 3.05) is 6.61 Å². The van der Waals surface area contributed by atoms with E-state index in [0.29, 0.717) is 0 Å². The quantitative estimate of drug-likeness (QED) is 0.838. The standard InChI is InChI=1S/C14H22N2O/c1-12-2-6-14(11-17,7-3-12)16-10-13-4-8-15-9-5-13/h4-5,8-9,12,16-17H,2-3,6-7,10-11H2,1H3. The largest absolute Gasteiger partial charge is 0.394 e. The maximum Gasteiger partial charge on any atom is 0.0613 e. The molecule has 2 rings (SSSR count). The van der Waals surface area contributed by atoms with Gasteiger partial charge < -0.3 is 10.4 Å². The molecule has 0 aliphatic heterocycles. The van der Waals surface area contributed by atoms with Gasteiger partial charge in [-0.2, -0.15) is 0 Å². The average Bonchev–Trinajstić information content (AvgIpc) is 2.40. The molecule has 0 saturated heterocycles. The predicted octanol–water partition coefficient (Wildman–Crippen LogP) is 2.11. The zero-order valence-electron chi connectivity index (χ0n) is 10.5. The van der Waals surface area contributed by atoms with Gasteiger partial charge in [0.2, 0.25) is 0 Å². The Morgan fingerprint density at radius 2 is 2.00 bits per heavy atom. The van der Waals surface area contributed by atoms with Crippen molar-refractivity contribution >= 4 is 0 Å². The van der Waals surface area contributed by atoms with Crippen LogP contribution in [-0.2, 0) is 6.54 Å². The Morgan fingerprint density at radius 3 is 2.59 bits per heavy atom. The lowest BCUT2D eigenvalue weighted by atomic mass is 9.77. The van der Waals surface area contributed by atoms with Crippen LogP contribution < -0.4 is 5.32 Å². The van der Waals surface area contributed by atoms with Crippen molar-refractivity contribution in [2.24, 2.45) is 5.92 Å². The SMILES string of the molecule is CC1CCC(CO)(NCc2ccncc2)CC1. The van der Waals surface area contributed by atoms with E-state index in [1.807, 2.05) is 24.5 Å². The van der Waals surface area contributed by atoms with Crippen LogP contribution in [0.5, 0.6) is 0 Å². The third-order valence-corrected chi connectivity index (χ3v) is 3.95. The number of hydrogen-bond acceptors (Lipinski definition) is 3. The number of nitrogens with one attached hydrogen (secondary N) is 1. The summed E-state index contributed by atoms with van der Waals surface area (Å²) in [5, 5.41) is 13.2. The van der Waals surface area contributed by atoms with Gasteiger partial charge in [-0.05, 0) is 49.3 Å². The van der Waals surface area contributed by atoms with E-state index in [9.17, 15) is 5.11 Å². The summed E-state index contributed by atoms with van der Waals surface area (Å²) in [6, 6.07) is 4.03. The minimum Gasteiger partial charge on any atom is -0.394 e. The molecular weight excluding hydrogens is 212 g/mol. The summed E-state index contributed by atoms with van der Waals surface area (Å²) in [4.78, 5) is 4.01. The number of pyridine rings is 1. The highest BCUT2D eigenvalue weighted by molar-refractivity contribution is 5.10. The molecule has 0 radical (unpaired) electrons. The molecule has 1 aliphatic rings. The van der Waals surface area contributed by atoms with E-state index >= 15 is 0 Å². The molecule has 0 aromatic carbocycles. The first-order valence-corrected chi connectivity index (χ1v) is 6.49. The summed E-state index contributed by atoms with van der Waals surface area (Å²) in [6.07, 6.45) is 8.20. The Bertz CT molecular complexity index is 331. The first-order valence-electron chi connectivity index (χ1n) is 6.49. The lowest BCUT2D eigenvalue weighted by Gasteiger charge is -2.39. The third kappa shape index (κ3) is 3.27. The number of hydrogen-bond donors (Lipinski definition) is 2. The zero-order chi connectivity index (χ0) is 12.1. The van der Waals surface area contributed by atoms with Gasteiger partial charge in [-0.1, -0.05) is 6.92 Å². The number of aliphatic hydroxyl groups is 1. The first-order chi connectivity index (χ1) is 8.24. The molecule has 3 heteroatoms. The van der Waals surface area contributed by atoms with Crippen LogP contribution in [0.2, 0.25) is 0 Å². The maximum absolute atomic E-state index is 9.63. The fraction of sp³-hybridized carbons (Fsp3) is 0.643. The van der Waals surface area contributed by atoms with E-state index in [0.717, 1.165) is 25.3 Å². The van der Waals surface area contributed by atoms with Crippen molar-refractivity contribution in [1.29, 1.82) is 0 Å². The van der Waals surface area contributed by atoms with E-state index in [4.69, 9.17) is 0 Å². The summed E-state index contributed by atoms with van der Waals surface area (Å²) in [5.74, 6) is 0.803. The molecule has 1 aromatic heterocycles. The van der Waals surface area contributed by atoms with E-state index in [2.05, 4.69) is 17.2 Å². The van der Waals surface area contributed by atoms with Gasteiger partial charge in [-0.25, -0.2) is 0 Å². The fourth-order valence-corrected chi connectivity index (χ4v) is 2.50. The lowest BCUT2D eigenvalue weighted by molar-refractivity contribution is 0.104. The Morgan fingerprint density at radius 1 is 1.35 bits per heavy atom. The fourth-order valence-electron chi connectivity index (χ4n) is 2.50. The molecular formula is C14H22N2O. The van der Waals surface area contributed by atoms with Gasteiger partial charge in [0.25, 0.3) is 0 Å². The summed E-state index contributed by atoms with van der Waals surface area (Å²) in [6.45, 7) is 3.35. The summed E-state index contributed by atoms with van der Waals surface area (Å²) < 4.78 is 0. The minimum atomic E-state index is -0.0597. The molecule has 0 spiro atoms. The lowest BCUT2D eigenvalue weighted by Crippen LogP contribution is -2.50. The predicted molar refractivity (Wildman–Crippen MR) is 68.5 cm³/mol. The van der Waals surface area contributed by atoms with Crippen molar-refractivity contribution in [3.63, 3.8) is 0 Å². The van der Waals surface area contributed by atoms with Crippen LogP contribution in [0.1, 0.15) is 38.2 Å². The van der Waals surface area contributed by atoms with Crippen molar-refractivity contribution in [3.8, 4) is 0 Å². The highest BCUT2D eigenvalue weighted by atomic mass is 16.3. The monoisotopic (exact) mass is 234 g/mol. The first kappa shape index (κ1) is 12.5. The minimum absolute atomic E-state index is 0.0597. The molecule has 0 bridgehead atoms. The van der Waals surface area contributed by atoms with Crippen LogP contribution in [-0.4, -0.2) is 22.2 Å². The molecule has 0 atom stereocenters. The zero-order valence-corrected chi connectivity index (χ0v) is 10.5. The molecule has 1 aliphatic carbocycles. The molecule has 0 unspecified atom stereocenters. The molecule has 1 aromatic rings. The average molecular weight is 234 g/mol. The van der Waals surface area contributed by atoms with Crippen LogP contribution in [0.15, 0.2) is 24.5 Å². The van der Waals surface area contributed by atoms with E-state index in [-0.39, 0.29) is 12.1 Å². The molecule has 2 N–H and O–H groups in total. The van der Waals surface area contributed by atoms with Crippen LogP contribution >= 0.6 is 0 Å². The number of nitrogens with zero attached hydrogens (tertiary/aromatic N) is 1. The van der Waals surface area contributed by atoms with Gasteiger partial charge in [0.1, 0.15) is 0 Å². The van der Waals surface area contributed by atoms with Crippen LogP contribution in [0, 0.1) is 5.92 Å². The molecule has 1 saturated carbocycles. The Balaban J connectivity index is 1.91. The van der Waals surface area contributed by atoms with Crippen LogP contribution in [0.4, 0.5) is 0 Å². The Labute approximate surface area is 103 Å². The highest BCUT2D eigenvalue weighted by Crippen LogP contribution is 2.31. The molecule has 17 heavy (non-hydrogen) atoms. The van der Waals surface area contributed by atoms with E-state index in [1.165, 1.54) is 18.4 Å². The van der Waals surface area contributed by atoms with Crippen molar-refractivity contribution in [2.45, 2.75) is 44.7 Å². The number of aliphatic hydroxyl groups excluding tert-OH is 1. The Kier molecular flexibility index (Phi) is 4.13. The van der Waals surface area contributed by atoms with Gasteiger partial charge in [0.15, 0.2) is 0 Å². The third-order valence-electron chi connectivity index (χ3n) is 3.95. The van der Waals surface area contributed by atoms with Crippen LogP contribution in [0.25, 0.3) is 0 Å². The van der Waals surface area contributed by atoms with Crippen molar-refractivity contribution in [3.05, 3.63) is 30.1 Å². The molecule has 0 amide bonds. The molecule has 1 heterocycles. The number of rotatable bonds is 4. The summed E-state index contributed by atoms with van der Waals surface area (Å²) in [5.41, 5.74) is 1.17. The summed E-state index contributed by atoms with van der Waals surface area (Å²) >= 11 is 0. The van der Waals surface area contributed by atoms with Gasteiger partial charge in [0.05, 0.1) is 6.61 Å². The second kappa shape index (κ2) is 5.61. The topological polar surface area (TPSA) is 45.1 Å². The second-order valence-electron chi connectivity index (χ2n) is 5.33. The van der Waals surface area contributed by atoms with Crippen molar-refractivity contribution in [1.82, 2.24) is 10.3 Å². The normalized spacial score (nSPS) is 29.2. The molecule has 94 valence electrons. The number of aromatic nitrogens is 1. The summed E-state index contributed by atoms with van der Waals surface area (Å²) in [7, 11) is 0. The van der Waals surface area contributed by atoms with Gasteiger partial charge in [0, 0.05) is 24.5 Å². The molecule has 1 fully saturated rings. The Hall–Kier alpha value is -0.930.